The molecule has 0 aromatic rings. The van der Waals surface area contributed by atoms with Gasteiger partial charge in [-0.2, -0.15) is 0 Å². The third-order valence-electron chi connectivity index (χ3n) is 8.72. The molecule has 0 fully saturated rings. The smallest absolute Gasteiger partial charge is 0.128 e. The molecule has 0 saturated heterocycles. The highest BCUT2D eigenvalue weighted by molar-refractivity contribution is 4.51. The van der Waals surface area contributed by atoms with Crippen LogP contribution in [0.15, 0.2) is 0 Å². The molecule has 0 aliphatic heterocycles. The Hall–Kier alpha value is -0.120. The van der Waals surface area contributed by atoms with Crippen molar-refractivity contribution >= 4 is 0 Å². The lowest BCUT2D eigenvalue weighted by atomic mass is 10.1. The average Bonchev–Trinajstić information content (AvgIpc) is 2.84. The third kappa shape index (κ3) is 25.9. The molecule has 0 aromatic carbocycles. The SMILES string of the molecule is CCCCCCCCCCCC[N+](C)(C)CC[N+](C)(CCCCCCCCCCCC)CC[N+](C)(C)C. The molecule has 0 aliphatic rings. The number of unbranched alkanes of at least 4 members (excludes halogenated alkanes) is 18. The fourth-order valence-corrected chi connectivity index (χ4v) is 5.51. The summed E-state index contributed by atoms with van der Waals surface area (Å²) < 4.78 is 3.56. The molecule has 0 aliphatic carbocycles. The highest BCUT2D eigenvalue weighted by Gasteiger charge is 2.28. The van der Waals surface area contributed by atoms with E-state index in [1.54, 1.807) is 0 Å². The first-order valence-electron chi connectivity index (χ1n) is 17.0. The summed E-state index contributed by atoms with van der Waals surface area (Å²) in [5.74, 6) is 0. The Morgan fingerprint density at radius 1 is 0.297 bits per heavy atom. The molecular formula is C34H76N3+3. The van der Waals surface area contributed by atoms with Gasteiger partial charge in [0.1, 0.15) is 26.2 Å². The van der Waals surface area contributed by atoms with E-state index in [9.17, 15) is 0 Å². The van der Waals surface area contributed by atoms with E-state index in [0.29, 0.717) is 0 Å². The number of quaternary nitrogens is 3. The standard InChI is InChI=1S/C34H76N3/c1-9-11-13-15-17-19-21-23-25-27-29-36(6,7)32-34-37(8,33-31-35(3,4)5)30-28-26-24-22-20-18-16-14-12-10-2/h9-34H2,1-8H3/q+3. The van der Waals surface area contributed by atoms with E-state index in [0.717, 1.165) is 4.48 Å². The lowest BCUT2D eigenvalue weighted by Crippen LogP contribution is -2.56. The van der Waals surface area contributed by atoms with Gasteiger partial charge >= 0.3 is 0 Å². The summed E-state index contributed by atoms with van der Waals surface area (Å²) in [5, 5.41) is 0. The van der Waals surface area contributed by atoms with Gasteiger partial charge in [0.05, 0.1) is 55.4 Å². The normalized spacial score (nSPS) is 14.3. The van der Waals surface area contributed by atoms with Gasteiger partial charge in [-0.05, 0) is 25.7 Å². The first kappa shape index (κ1) is 36.9. The molecule has 0 aromatic heterocycles. The topological polar surface area (TPSA) is 0 Å². The van der Waals surface area contributed by atoms with E-state index in [1.807, 2.05) is 0 Å². The highest BCUT2D eigenvalue weighted by Crippen LogP contribution is 2.15. The van der Waals surface area contributed by atoms with Crippen molar-refractivity contribution in [3.63, 3.8) is 0 Å². The van der Waals surface area contributed by atoms with Crippen molar-refractivity contribution < 1.29 is 13.4 Å². The molecule has 0 rings (SSSR count). The van der Waals surface area contributed by atoms with Crippen LogP contribution in [0.2, 0.25) is 0 Å². The van der Waals surface area contributed by atoms with Crippen molar-refractivity contribution in [2.75, 3.05) is 81.6 Å². The fourth-order valence-electron chi connectivity index (χ4n) is 5.51. The zero-order valence-corrected chi connectivity index (χ0v) is 27.7. The van der Waals surface area contributed by atoms with Crippen molar-refractivity contribution in [3.05, 3.63) is 0 Å². The van der Waals surface area contributed by atoms with E-state index >= 15 is 0 Å². The fraction of sp³-hybridized carbons (Fsp3) is 1.00. The predicted molar refractivity (Wildman–Crippen MR) is 169 cm³/mol. The molecule has 0 radical (unpaired) electrons. The summed E-state index contributed by atoms with van der Waals surface area (Å²) in [7, 11) is 14.6. The number of hydrogen-bond acceptors (Lipinski definition) is 0. The predicted octanol–water partition coefficient (Wildman–Crippen LogP) is 9.06. The molecule has 1 unspecified atom stereocenters. The second kappa shape index (κ2) is 22.7. The summed E-state index contributed by atoms with van der Waals surface area (Å²) in [6.07, 6.45) is 28.7. The number of nitrogens with zero attached hydrogens (tertiary/aromatic N) is 3. The van der Waals surface area contributed by atoms with Gasteiger partial charge < -0.3 is 13.4 Å². The largest absolute Gasteiger partial charge is 0.326 e. The van der Waals surface area contributed by atoms with Crippen LogP contribution in [0.3, 0.4) is 0 Å². The van der Waals surface area contributed by atoms with Gasteiger partial charge in [0.15, 0.2) is 0 Å². The van der Waals surface area contributed by atoms with E-state index in [-0.39, 0.29) is 0 Å². The van der Waals surface area contributed by atoms with Crippen LogP contribution in [-0.2, 0) is 0 Å². The molecule has 0 amide bonds. The quantitative estimate of drug-likeness (QED) is 0.0704. The molecule has 224 valence electrons. The maximum Gasteiger partial charge on any atom is 0.128 e. The molecule has 0 bridgehead atoms. The van der Waals surface area contributed by atoms with Crippen LogP contribution >= 0.6 is 0 Å². The van der Waals surface area contributed by atoms with Crippen LogP contribution in [0.5, 0.6) is 0 Å². The zero-order valence-electron chi connectivity index (χ0n) is 27.7. The van der Waals surface area contributed by atoms with Crippen LogP contribution < -0.4 is 0 Å². The monoisotopic (exact) mass is 527 g/mol. The minimum Gasteiger partial charge on any atom is -0.326 e. The van der Waals surface area contributed by atoms with E-state index in [1.165, 1.54) is 177 Å². The van der Waals surface area contributed by atoms with Gasteiger partial charge in [-0.1, -0.05) is 117 Å². The van der Waals surface area contributed by atoms with Gasteiger partial charge in [0.2, 0.25) is 0 Å². The second-order valence-corrected chi connectivity index (χ2v) is 14.6. The average molecular weight is 527 g/mol. The summed E-state index contributed by atoms with van der Waals surface area (Å²) in [4.78, 5) is 0. The number of rotatable bonds is 28. The van der Waals surface area contributed by atoms with Crippen molar-refractivity contribution in [1.29, 1.82) is 0 Å². The Labute approximate surface area is 237 Å². The molecule has 0 heterocycles. The van der Waals surface area contributed by atoms with Crippen LogP contribution in [0.25, 0.3) is 0 Å². The molecule has 3 nitrogen and oxygen atoms in total. The Balaban J connectivity index is 4.24. The Bertz CT molecular complexity index is 482. The number of hydrogen-bond donors (Lipinski definition) is 0. The van der Waals surface area contributed by atoms with Crippen LogP contribution in [0.4, 0.5) is 0 Å². The molecule has 37 heavy (non-hydrogen) atoms. The van der Waals surface area contributed by atoms with E-state index < -0.39 is 0 Å². The molecule has 0 N–H and O–H groups in total. The highest BCUT2D eigenvalue weighted by atomic mass is 15.4. The van der Waals surface area contributed by atoms with Gasteiger partial charge in [-0.15, -0.1) is 0 Å². The van der Waals surface area contributed by atoms with Gasteiger partial charge in [-0.3, -0.25) is 0 Å². The Morgan fingerprint density at radius 2 is 0.622 bits per heavy atom. The van der Waals surface area contributed by atoms with Crippen LogP contribution in [-0.4, -0.2) is 95.0 Å². The lowest BCUT2D eigenvalue weighted by Gasteiger charge is -2.40. The minimum absolute atomic E-state index is 1.09. The third-order valence-corrected chi connectivity index (χ3v) is 8.72. The summed E-state index contributed by atoms with van der Waals surface area (Å²) >= 11 is 0. The van der Waals surface area contributed by atoms with Crippen molar-refractivity contribution in [1.82, 2.24) is 0 Å². The lowest BCUT2D eigenvalue weighted by molar-refractivity contribution is -0.973. The molecule has 0 saturated carbocycles. The maximum absolute atomic E-state index is 2.56. The first-order chi connectivity index (χ1) is 17.5. The van der Waals surface area contributed by atoms with E-state index in [4.69, 9.17) is 0 Å². The first-order valence-corrected chi connectivity index (χ1v) is 17.0. The van der Waals surface area contributed by atoms with Crippen molar-refractivity contribution in [2.24, 2.45) is 0 Å². The summed E-state index contributed by atoms with van der Waals surface area (Å²) in [6.45, 7) is 12.6. The van der Waals surface area contributed by atoms with Crippen LogP contribution in [0.1, 0.15) is 142 Å². The van der Waals surface area contributed by atoms with Gasteiger partial charge in [0, 0.05) is 0 Å². The number of likely N-dealkylation sites (N-methyl/N-ethyl adjacent to an activating group) is 3. The molecule has 1 atom stereocenters. The summed E-state index contributed by atoms with van der Waals surface area (Å²) in [5.41, 5.74) is 0. The van der Waals surface area contributed by atoms with Gasteiger partial charge in [-0.25, -0.2) is 0 Å². The molecule has 3 heteroatoms. The Morgan fingerprint density at radius 3 is 1.00 bits per heavy atom. The van der Waals surface area contributed by atoms with Gasteiger partial charge in [0.25, 0.3) is 0 Å². The molecular weight excluding hydrogens is 450 g/mol. The van der Waals surface area contributed by atoms with E-state index in [2.05, 4.69) is 56.1 Å². The summed E-state index contributed by atoms with van der Waals surface area (Å²) in [6, 6.07) is 0. The van der Waals surface area contributed by atoms with Crippen LogP contribution in [0, 0.1) is 0 Å². The van der Waals surface area contributed by atoms with Crippen molar-refractivity contribution in [3.8, 4) is 0 Å². The second-order valence-electron chi connectivity index (χ2n) is 14.6. The minimum atomic E-state index is 1.09. The Kier molecular flexibility index (Phi) is 22.6. The molecule has 0 spiro atoms. The zero-order chi connectivity index (χ0) is 27.9. The maximum atomic E-state index is 2.56. The van der Waals surface area contributed by atoms with Crippen molar-refractivity contribution in [2.45, 2.75) is 142 Å².